The van der Waals surface area contributed by atoms with Gasteiger partial charge in [0.25, 0.3) is 5.91 Å². The molecule has 0 saturated heterocycles. The van der Waals surface area contributed by atoms with Crippen molar-refractivity contribution in [3.8, 4) is 5.88 Å². The highest BCUT2D eigenvalue weighted by Gasteiger charge is 2.07. The lowest BCUT2D eigenvalue weighted by Gasteiger charge is -1.99. The molecule has 0 unspecified atom stereocenters. The number of ether oxygens (including phenoxy) is 1. The molecule has 0 radical (unpaired) electrons. The van der Waals surface area contributed by atoms with Crippen molar-refractivity contribution in [2.24, 2.45) is 0 Å². The number of thiazole rings is 1. The average Bonchev–Trinajstić information content (AvgIpc) is 2.56. The normalized spacial score (nSPS) is 8.92. The fourth-order valence-electron chi connectivity index (χ4n) is 0.524. The minimum Gasteiger partial charge on any atom is -0.390 e. The van der Waals surface area contributed by atoms with Crippen LogP contribution in [0.25, 0.3) is 0 Å². The molecule has 1 N–H and O–H groups in total. The molecule has 0 aliphatic carbocycles. The van der Waals surface area contributed by atoms with Gasteiger partial charge in [-0.2, -0.15) is 0 Å². The van der Waals surface area contributed by atoms with Crippen molar-refractivity contribution in [3.05, 3.63) is 23.5 Å². The fourth-order valence-corrected chi connectivity index (χ4v) is 0.975. The molecule has 0 fully saturated rings. The molecular weight excluding hydrogens is 192 g/mol. The molecule has 0 aliphatic heterocycles. The third-order valence-electron chi connectivity index (χ3n) is 1.02. The molecule has 0 saturated carbocycles. The summed E-state index contributed by atoms with van der Waals surface area (Å²) in [6, 6.07) is 0. The number of rotatable bonds is 2. The minimum atomic E-state index is -0.865. The Hall–Kier alpha value is -1.69. The number of nitrogens with zero attached hydrogens (tertiary/aromatic N) is 1. The number of carbonyl (C=O) groups is 2. The summed E-state index contributed by atoms with van der Waals surface area (Å²) in [6.45, 7) is 3.18. The number of amides is 2. The summed E-state index contributed by atoms with van der Waals surface area (Å²) in [5.41, 5.74) is 1.51. The average molecular weight is 198 g/mol. The van der Waals surface area contributed by atoms with E-state index >= 15 is 0 Å². The highest BCUT2D eigenvalue weighted by molar-refractivity contribution is 7.07. The monoisotopic (exact) mass is 198 g/mol. The van der Waals surface area contributed by atoms with Gasteiger partial charge in [-0.3, -0.25) is 10.1 Å². The van der Waals surface area contributed by atoms with Crippen molar-refractivity contribution in [2.45, 2.75) is 0 Å². The zero-order valence-electron chi connectivity index (χ0n) is 6.52. The quantitative estimate of drug-likeness (QED) is 0.718. The van der Waals surface area contributed by atoms with Gasteiger partial charge in [-0.25, -0.2) is 9.78 Å². The van der Waals surface area contributed by atoms with Gasteiger partial charge in [-0.15, -0.1) is 11.3 Å². The van der Waals surface area contributed by atoms with Gasteiger partial charge in [0.15, 0.2) is 0 Å². The van der Waals surface area contributed by atoms with Crippen LogP contribution in [0.5, 0.6) is 5.88 Å². The molecule has 5 nitrogen and oxygen atoms in total. The van der Waals surface area contributed by atoms with Crippen LogP contribution < -0.4 is 10.1 Å². The molecule has 1 rings (SSSR count). The van der Waals surface area contributed by atoms with Gasteiger partial charge in [0.2, 0.25) is 5.88 Å². The van der Waals surface area contributed by atoms with Gasteiger partial charge in [0, 0.05) is 0 Å². The van der Waals surface area contributed by atoms with Crippen LogP contribution in [-0.2, 0) is 4.79 Å². The summed E-state index contributed by atoms with van der Waals surface area (Å²) in [4.78, 5) is 25.1. The molecule has 6 heteroatoms. The van der Waals surface area contributed by atoms with Crippen molar-refractivity contribution < 1.29 is 14.3 Å². The predicted molar refractivity (Wildman–Crippen MR) is 46.5 cm³/mol. The van der Waals surface area contributed by atoms with Crippen LogP contribution in [0.4, 0.5) is 4.79 Å². The van der Waals surface area contributed by atoms with E-state index in [-0.39, 0.29) is 5.88 Å². The lowest BCUT2D eigenvalue weighted by atomic mass is 10.6. The minimum absolute atomic E-state index is 0.166. The molecule has 0 spiro atoms. The summed E-state index contributed by atoms with van der Waals surface area (Å²) in [5, 5.41) is 3.45. The van der Waals surface area contributed by atoms with Crippen molar-refractivity contribution >= 4 is 23.3 Å². The van der Waals surface area contributed by atoms with E-state index in [0.717, 1.165) is 6.08 Å². The Morgan fingerprint density at radius 3 is 3.00 bits per heavy atom. The number of nitrogens with one attached hydrogen (secondary N) is 1. The Bertz CT molecular complexity index is 320. The second-order valence-corrected chi connectivity index (χ2v) is 2.63. The Labute approximate surface area is 78.0 Å². The third-order valence-corrected chi connectivity index (χ3v) is 1.58. The van der Waals surface area contributed by atoms with Gasteiger partial charge in [-0.05, 0) is 6.08 Å². The Kier molecular flexibility index (Phi) is 3.15. The first-order valence-corrected chi connectivity index (χ1v) is 4.20. The zero-order chi connectivity index (χ0) is 9.68. The summed E-state index contributed by atoms with van der Waals surface area (Å²) >= 11 is 1.29. The number of hydrogen-bond acceptors (Lipinski definition) is 5. The van der Waals surface area contributed by atoms with Crippen LogP contribution in [0.15, 0.2) is 23.5 Å². The maximum absolute atomic E-state index is 10.8. The predicted octanol–water partition coefficient (Wildman–Crippen LogP) is 0.944. The van der Waals surface area contributed by atoms with E-state index in [0.29, 0.717) is 0 Å². The summed E-state index contributed by atoms with van der Waals surface area (Å²) in [5.74, 6) is -0.445. The van der Waals surface area contributed by atoms with Crippen LogP contribution in [0.1, 0.15) is 0 Å². The van der Waals surface area contributed by atoms with E-state index in [2.05, 4.69) is 16.3 Å². The maximum atomic E-state index is 10.8. The van der Waals surface area contributed by atoms with E-state index in [1.807, 2.05) is 5.32 Å². The first kappa shape index (κ1) is 9.40. The lowest BCUT2D eigenvalue weighted by molar-refractivity contribution is -0.115. The molecule has 1 heterocycles. The van der Waals surface area contributed by atoms with E-state index < -0.39 is 12.0 Å². The van der Waals surface area contributed by atoms with E-state index in [1.54, 1.807) is 0 Å². The fraction of sp³-hybridized carbons (Fsp3) is 0. The molecule has 0 aliphatic rings. The Morgan fingerprint density at radius 2 is 2.46 bits per heavy atom. The lowest BCUT2D eigenvalue weighted by Crippen LogP contribution is -2.31. The summed E-state index contributed by atoms with van der Waals surface area (Å²) in [7, 11) is 0. The number of carbonyl (C=O) groups excluding carboxylic acids is 2. The van der Waals surface area contributed by atoms with Crippen LogP contribution in [-0.4, -0.2) is 17.0 Å². The van der Waals surface area contributed by atoms with Gasteiger partial charge in [-0.1, -0.05) is 6.58 Å². The van der Waals surface area contributed by atoms with Crippen molar-refractivity contribution in [1.82, 2.24) is 10.3 Å². The smallest absolute Gasteiger partial charge is 0.390 e. The van der Waals surface area contributed by atoms with Crippen LogP contribution in [0.2, 0.25) is 0 Å². The standard InChI is InChI=1S/C7H6N2O3S/c1-2-5(10)9-7(11)12-6-3-13-4-8-6/h2-4H,1H2,(H,9,10,11). The molecule has 68 valence electrons. The number of hydrogen-bond donors (Lipinski definition) is 1. The van der Waals surface area contributed by atoms with Gasteiger partial charge >= 0.3 is 6.09 Å². The van der Waals surface area contributed by atoms with E-state index in [4.69, 9.17) is 0 Å². The van der Waals surface area contributed by atoms with Gasteiger partial charge in [0.05, 0.1) is 10.9 Å². The highest BCUT2D eigenvalue weighted by Crippen LogP contribution is 2.09. The molecule has 0 aromatic carbocycles. The van der Waals surface area contributed by atoms with Crippen LogP contribution >= 0.6 is 11.3 Å². The van der Waals surface area contributed by atoms with Crippen molar-refractivity contribution in [2.75, 3.05) is 0 Å². The highest BCUT2D eigenvalue weighted by atomic mass is 32.1. The third kappa shape index (κ3) is 3.04. The molecular formula is C7H6N2O3S. The second-order valence-electron chi connectivity index (χ2n) is 1.91. The molecule has 2 amide bonds. The second kappa shape index (κ2) is 4.36. The van der Waals surface area contributed by atoms with Crippen molar-refractivity contribution in [1.29, 1.82) is 0 Å². The molecule has 1 aromatic heterocycles. The van der Waals surface area contributed by atoms with Crippen LogP contribution in [0, 0.1) is 0 Å². The topological polar surface area (TPSA) is 68.3 Å². The van der Waals surface area contributed by atoms with Gasteiger partial charge < -0.3 is 4.74 Å². The Balaban J connectivity index is 2.42. The molecule has 0 bridgehead atoms. The van der Waals surface area contributed by atoms with Crippen LogP contribution in [0.3, 0.4) is 0 Å². The zero-order valence-corrected chi connectivity index (χ0v) is 7.34. The Morgan fingerprint density at radius 1 is 1.69 bits per heavy atom. The van der Waals surface area contributed by atoms with Gasteiger partial charge in [0.1, 0.15) is 0 Å². The summed E-state index contributed by atoms with van der Waals surface area (Å²) in [6.07, 6.45) is 0.110. The SMILES string of the molecule is C=CC(=O)NC(=O)Oc1cscn1. The number of imide groups is 1. The number of aromatic nitrogens is 1. The first-order chi connectivity index (χ1) is 6.22. The first-order valence-electron chi connectivity index (χ1n) is 3.26. The maximum Gasteiger partial charge on any atom is 0.420 e. The largest absolute Gasteiger partial charge is 0.420 e. The van der Waals surface area contributed by atoms with E-state index in [9.17, 15) is 9.59 Å². The summed E-state index contributed by atoms with van der Waals surface area (Å²) < 4.78 is 4.61. The molecule has 0 atom stereocenters. The molecule has 13 heavy (non-hydrogen) atoms. The van der Waals surface area contributed by atoms with Crippen molar-refractivity contribution in [3.63, 3.8) is 0 Å². The molecule has 1 aromatic rings. The van der Waals surface area contributed by atoms with E-state index in [1.165, 1.54) is 22.2 Å².